The Balaban J connectivity index is 3.41. The third kappa shape index (κ3) is 53.9. The summed E-state index contributed by atoms with van der Waals surface area (Å²) in [5.41, 5.74) is 0. The quantitative estimate of drug-likeness (QED) is 0.0321. The van der Waals surface area contributed by atoms with Gasteiger partial charge >= 0.3 is 5.97 Å². The minimum Gasteiger partial charge on any atom is -0.466 e. The molecule has 6 nitrogen and oxygen atoms in total. The van der Waals surface area contributed by atoms with Crippen LogP contribution in [-0.4, -0.2) is 47.4 Å². The number of carbonyl (C=O) groups excluding carboxylic acids is 2. The number of aliphatic hydroxyl groups excluding tert-OH is 2. The topological polar surface area (TPSA) is 95.9 Å². The van der Waals surface area contributed by atoms with Crippen LogP contribution >= 0.6 is 0 Å². The smallest absolute Gasteiger partial charge is 0.305 e. The summed E-state index contributed by atoms with van der Waals surface area (Å²) in [7, 11) is 0. The number of carbonyl (C=O) groups is 2. The first kappa shape index (κ1) is 66.6. The van der Waals surface area contributed by atoms with Crippen LogP contribution in [0, 0.1) is 0 Å². The molecule has 0 aromatic carbocycles. The van der Waals surface area contributed by atoms with Crippen molar-refractivity contribution in [3.63, 3.8) is 0 Å². The first-order valence-corrected chi connectivity index (χ1v) is 31.0. The molecule has 2 atom stereocenters. The standard InChI is InChI=1S/C62H121NO5/c1-3-5-7-9-11-13-15-17-19-22-26-30-34-38-42-46-50-54-60(65)59(58-64)63-61(66)55-51-47-43-39-35-31-27-24-21-25-29-33-37-41-45-49-53-57-68-62(67)56-52-48-44-40-36-32-28-23-20-18-16-14-12-10-8-6-4-2/h50,54,59-60,64-65H,3-49,51-53,55-58H2,1-2H3,(H,63,66)/b54-50+. The van der Waals surface area contributed by atoms with Crippen molar-refractivity contribution < 1.29 is 24.5 Å². The van der Waals surface area contributed by atoms with Gasteiger partial charge in [0.2, 0.25) is 5.91 Å². The zero-order valence-corrected chi connectivity index (χ0v) is 46.1. The molecule has 0 aliphatic heterocycles. The van der Waals surface area contributed by atoms with Crippen LogP contribution in [0.2, 0.25) is 0 Å². The summed E-state index contributed by atoms with van der Waals surface area (Å²) in [6.07, 6.45) is 69.6. The first-order chi connectivity index (χ1) is 33.5. The molecule has 0 bridgehead atoms. The van der Waals surface area contributed by atoms with Crippen LogP contribution in [0.4, 0.5) is 0 Å². The number of aliphatic hydroxyl groups is 2. The number of allylic oxidation sites excluding steroid dienone is 1. The number of amides is 1. The van der Waals surface area contributed by atoms with Crippen LogP contribution in [0.1, 0.15) is 348 Å². The maximum atomic E-state index is 12.5. The molecule has 1 amide bonds. The number of rotatable bonds is 58. The van der Waals surface area contributed by atoms with E-state index in [1.165, 1.54) is 283 Å². The molecule has 0 aliphatic rings. The normalized spacial score (nSPS) is 12.6. The molecule has 0 saturated heterocycles. The zero-order chi connectivity index (χ0) is 49.3. The van der Waals surface area contributed by atoms with Crippen LogP contribution in [0.5, 0.6) is 0 Å². The predicted molar refractivity (Wildman–Crippen MR) is 297 cm³/mol. The fraction of sp³-hybridized carbons (Fsp3) is 0.935. The summed E-state index contributed by atoms with van der Waals surface area (Å²) >= 11 is 0. The zero-order valence-electron chi connectivity index (χ0n) is 46.1. The Bertz CT molecular complexity index is 1020. The van der Waals surface area contributed by atoms with Crippen LogP contribution in [0.15, 0.2) is 12.2 Å². The highest BCUT2D eigenvalue weighted by Gasteiger charge is 2.18. The first-order valence-electron chi connectivity index (χ1n) is 31.0. The fourth-order valence-electron chi connectivity index (χ4n) is 9.81. The lowest BCUT2D eigenvalue weighted by Gasteiger charge is -2.20. The second-order valence-corrected chi connectivity index (χ2v) is 21.4. The number of nitrogens with one attached hydrogen (secondary N) is 1. The molecule has 2 unspecified atom stereocenters. The van der Waals surface area contributed by atoms with E-state index >= 15 is 0 Å². The number of esters is 1. The summed E-state index contributed by atoms with van der Waals surface area (Å²) < 4.78 is 5.49. The van der Waals surface area contributed by atoms with Gasteiger partial charge in [-0.15, -0.1) is 0 Å². The largest absolute Gasteiger partial charge is 0.466 e. The van der Waals surface area contributed by atoms with Gasteiger partial charge in [0.1, 0.15) is 0 Å². The maximum absolute atomic E-state index is 12.5. The Kier molecular flexibility index (Phi) is 57.0. The van der Waals surface area contributed by atoms with Crippen molar-refractivity contribution in [2.45, 2.75) is 360 Å². The van der Waals surface area contributed by atoms with Crippen molar-refractivity contribution in [2.24, 2.45) is 0 Å². The lowest BCUT2D eigenvalue weighted by Crippen LogP contribution is -2.45. The van der Waals surface area contributed by atoms with E-state index in [-0.39, 0.29) is 18.5 Å². The molecule has 68 heavy (non-hydrogen) atoms. The van der Waals surface area contributed by atoms with E-state index in [1.54, 1.807) is 6.08 Å². The minimum absolute atomic E-state index is 0.00919. The van der Waals surface area contributed by atoms with Crippen LogP contribution in [-0.2, 0) is 14.3 Å². The van der Waals surface area contributed by atoms with E-state index in [1.807, 2.05) is 6.08 Å². The minimum atomic E-state index is -0.847. The van der Waals surface area contributed by atoms with Gasteiger partial charge in [-0.1, -0.05) is 315 Å². The molecule has 0 aromatic heterocycles. The van der Waals surface area contributed by atoms with Crippen LogP contribution < -0.4 is 5.32 Å². The van der Waals surface area contributed by atoms with Gasteiger partial charge in [0.15, 0.2) is 0 Å². The molecular weight excluding hydrogens is 839 g/mol. The Labute approximate surface area is 425 Å². The average molecular weight is 961 g/mol. The van der Waals surface area contributed by atoms with E-state index in [2.05, 4.69) is 19.2 Å². The second kappa shape index (κ2) is 58.2. The van der Waals surface area contributed by atoms with Gasteiger partial charge in [-0.25, -0.2) is 0 Å². The summed E-state index contributed by atoms with van der Waals surface area (Å²) in [6, 6.07) is -0.631. The van der Waals surface area contributed by atoms with Gasteiger partial charge in [-0.3, -0.25) is 9.59 Å². The van der Waals surface area contributed by atoms with Gasteiger partial charge in [0.05, 0.1) is 25.4 Å². The van der Waals surface area contributed by atoms with Gasteiger partial charge in [0.25, 0.3) is 0 Å². The predicted octanol–water partition coefficient (Wildman–Crippen LogP) is 19.2. The molecule has 0 heterocycles. The maximum Gasteiger partial charge on any atom is 0.305 e. The number of unbranched alkanes of at least 4 members (excludes halogenated alkanes) is 47. The SMILES string of the molecule is CCCCCCCCCCCCCCCCC/C=C/C(O)C(CO)NC(=O)CCCCCCCCCCCCCCCCCCCOC(=O)CCCCCCCCCCCCCCCCCCC. The third-order valence-electron chi connectivity index (χ3n) is 14.6. The van der Waals surface area contributed by atoms with Gasteiger partial charge < -0.3 is 20.3 Å². The van der Waals surface area contributed by atoms with E-state index < -0.39 is 12.1 Å². The molecule has 3 N–H and O–H groups in total. The highest BCUT2D eigenvalue weighted by molar-refractivity contribution is 5.76. The molecule has 0 radical (unpaired) electrons. The molecule has 0 aromatic rings. The van der Waals surface area contributed by atoms with E-state index in [0.29, 0.717) is 19.4 Å². The van der Waals surface area contributed by atoms with Crippen molar-refractivity contribution in [1.29, 1.82) is 0 Å². The van der Waals surface area contributed by atoms with Gasteiger partial charge in [-0.2, -0.15) is 0 Å². The summed E-state index contributed by atoms with van der Waals surface area (Å²) in [5.74, 6) is -0.0610. The fourth-order valence-corrected chi connectivity index (χ4v) is 9.81. The van der Waals surface area contributed by atoms with E-state index in [4.69, 9.17) is 4.74 Å². The molecule has 0 fully saturated rings. The number of hydrogen-bond acceptors (Lipinski definition) is 5. The molecule has 0 saturated carbocycles. The van der Waals surface area contributed by atoms with Crippen LogP contribution in [0.3, 0.4) is 0 Å². The Morgan fingerprint density at radius 1 is 0.397 bits per heavy atom. The van der Waals surface area contributed by atoms with Crippen molar-refractivity contribution in [1.82, 2.24) is 5.32 Å². The van der Waals surface area contributed by atoms with Crippen molar-refractivity contribution >= 4 is 11.9 Å². The lowest BCUT2D eigenvalue weighted by molar-refractivity contribution is -0.143. The summed E-state index contributed by atoms with van der Waals surface area (Å²) in [4.78, 5) is 24.6. The van der Waals surface area contributed by atoms with Crippen LogP contribution in [0.25, 0.3) is 0 Å². The molecular formula is C62H121NO5. The average Bonchev–Trinajstić information content (AvgIpc) is 3.34. The lowest BCUT2D eigenvalue weighted by atomic mass is 10.0. The Morgan fingerprint density at radius 3 is 1.00 bits per heavy atom. The molecule has 404 valence electrons. The Morgan fingerprint density at radius 2 is 0.676 bits per heavy atom. The second-order valence-electron chi connectivity index (χ2n) is 21.4. The number of hydrogen-bond donors (Lipinski definition) is 3. The van der Waals surface area contributed by atoms with Crippen molar-refractivity contribution in [3.05, 3.63) is 12.2 Å². The monoisotopic (exact) mass is 960 g/mol. The molecule has 6 heteroatoms. The summed E-state index contributed by atoms with van der Waals surface area (Å²) in [6.45, 7) is 4.93. The highest BCUT2D eigenvalue weighted by atomic mass is 16.5. The summed E-state index contributed by atoms with van der Waals surface area (Å²) in [5, 5.41) is 23.2. The number of ether oxygens (including phenoxy) is 1. The molecule has 0 aliphatic carbocycles. The molecule has 0 rings (SSSR count). The molecule has 0 spiro atoms. The van der Waals surface area contributed by atoms with E-state index in [9.17, 15) is 19.8 Å². The van der Waals surface area contributed by atoms with Crippen molar-refractivity contribution in [2.75, 3.05) is 13.2 Å². The van der Waals surface area contributed by atoms with E-state index in [0.717, 1.165) is 38.5 Å². The van der Waals surface area contributed by atoms with Gasteiger partial charge in [0, 0.05) is 12.8 Å². The third-order valence-corrected chi connectivity index (χ3v) is 14.6. The van der Waals surface area contributed by atoms with Crippen molar-refractivity contribution in [3.8, 4) is 0 Å². The Hall–Kier alpha value is -1.40. The van der Waals surface area contributed by atoms with Gasteiger partial charge in [-0.05, 0) is 32.1 Å². The highest BCUT2D eigenvalue weighted by Crippen LogP contribution is 2.18.